The van der Waals surface area contributed by atoms with Crippen LogP contribution in [0.25, 0.3) is 0 Å². The summed E-state index contributed by atoms with van der Waals surface area (Å²) < 4.78 is 17.5. The minimum atomic E-state index is -0.299. The fraction of sp³-hybridized carbons (Fsp3) is 0.567. The molecule has 2 aliphatic rings. The molecule has 0 bridgehead atoms. The summed E-state index contributed by atoms with van der Waals surface area (Å²) in [5, 5.41) is 3.69. The van der Waals surface area contributed by atoms with E-state index in [9.17, 15) is 4.79 Å². The molecule has 1 N–H and O–H groups in total. The number of hydrogen-bond acceptors (Lipinski definition) is 5. The van der Waals surface area contributed by atoms with Crippen LogP contribution in [0.4, 0.5) is 0 Å². The predicted molar refractivity (Wildman–Crippen MR) is 142 cm³/mol. The Morgan fingerprint density at radius 1 is 1.08 bits per heavy atom. The zero-order valence-corrected chi connectivity index (χ0v) is 22.6. The van der Waals surface area contributed by atoms with E-state index in [1.165, 1.54) is 11.1 Å². The SMILES string of the molecule is COc1ccc(C(C)(C)C)cc1CNC1CCC(c2ccccc2)N1C(=O)C1COC(C(C)C)OC1. The molecule has 1 amide bonds. The third kappa shape index (κ3) is 5.93. The highest BCUT2D eigenvalue weighted by Gasteiger charge is 2.42. The van der Waals surface area contributed by atoms with E-state index in [1.54, 1.807) is 7.11 Å². The van der Waals surface area contributed by atoms with Crippen molar-refractivity contribution >= 4 is 5.91 Å². The lowest BCUT2D eigenvalue weighted by Gasteiger charge is -2.37. The Morgan fingerprint density at radius 2 is 1.78 bits per heavy atom. The highest BCUT2D eigenvalue weighted by Crippen LogP contribution is 2.37. The number of nitrogens with zero attached hydrogens (tertiary/aromatic N) is 1. The van der Waals surface area contributed by atoms with Gasteiger partial charge in [-0.25, -0.2) is 0 Å². The van der Waals surface area contributed by atoms with E-state index < -0.39 is 0 Å². The molecule has 2 aliphatic heterocycles. The van der Waals surface area contributed by atoms with Crippen molar-refractivity contribution in [2.75, 3.05) is 20.3 Å². The molecule has 4 rings (SSSR count). The number of nitrogens with one attached hydrogen (secondary N) is 1. The first-order valence-corrected chi connectivity index (χ1v) is 13.2. The highest BCUT2D eigenvalue weighted by atomic mass is 16.7. The van der Waals surface area contributed by atoms with Crippen LogP contribution < -0.4 is 10.1 Å². The molecular weight excluding hydrogens is 452 g/mol. The van der Waals surface area contributed by atoms with E-state index in [-0.39, 0.29) is 41.7 Å². The fourth-order valence-electron chi connectivity index (χ4n) is 5.19. The third-order valence-electron chi connectivity index (χ3n) is 7.32. The maximum Gasteiger partial charge on any atom is 0.232 e. The largest absolute Gasteiger partial charge is 0.496 e. The summed E-state index contributed by atoms with van der Waals surface area (Å²) in [5.74, 6) is 0.918. The van der Waals surface area contributed by atoms with Crippen molar-refractivity contribution in [3.63, 3.8) is 0 Å². The van der Waals surface area contributed by atoms with E-state index in [4.69, 9.17) is 14.2 Å². The van der Waals surface area contributed by atoms with Gasteiger partial charge in [0.25, 0.3) is 0 Å². The maximum absolute atomic E-state index is 13.9. The van der Waals surface area contributed by atoms with Gasteiger partial charge in [-0.1, -0.05) is 77.1 Å². The molecule has 0 radical (unpaired) electrons. The number of ether oxygens (including phenoxy) is 3. The molecule has 2 aromatic rings. The smallest absolute Gasteiger partial charge is 0.232 e. The second-order valence-electron chi connectivity index (χ2n) is 11.4. The van der Waals surface area contributed by atoms with Gasteiger partial charge in [0.05, 0.1) is 38.4 Å². The zero-order chi connectivity index (χ0) is 25.9. The van der Waals surface area contributed by atoms with Crippen molar-refractivity contribution < 1.29 is 19.0 Å². The first-order valence-electron chi connectivity index (χ1n) is 13.2. The molecule has 2 unspecified atom stereocenters. The van der Waals surface area contributed by atoms with Gasteiger partial charge in [0.2, 0.25) is 5.91 Å². The Kier molecular flexibility index (Phi) is 8.38. The minimum Gasteiger partial charge on any atom is -0.496 e. The lowest BCUT2D eigenvalue weighted by atomic mass is 9.86. The lowest BCUT2D eigenvalue weighted by Crippen LogP contribution is -2.51. The Labute approximate surface area is 216 Å². The third-order valence-corrected chi connectivity index (χ3v) is 7.32. The van der Waals surface area contributed by atoms with Crippen LogP contribution in [0.15, 0.2) is 48.5 Å². The van der Waals surface area contributed by atoms with Gasteiger partial charge >= 0.3 is 0 Å². The molecule has 0 aromatic heterocycles. The van der Waals surface area contributed by atoms with Gasteiger partial charge in [-0.05, 0) is 35.4 Å². The summed E-state index contributed by atoms with van der Waals surface area (Å²) in [5.41, 5.74) is 3.58. The quantitative estimate of drug-likeness (QED) is 0.557. The molecule has 196 valence electrons. The summed E-state index contributed by atoms with van der Waals surface area (Å²) in [6.45, 7) is 12.2. The molecule has 2 atom stereocenters. The van der Waals surface area contributed by atoms with Crippen LogP contribution in [0.5, 0.6) is 5.75 Å². The summed E-state index contributed by atoms with van der Waals surface area (Å²) in [6.07, 6.45) is 1.48. The van der Waals surface area contributed by atoms with E-state index in [2.05, 4.69) is 64.2 Å². The standard InChI is InChI=1S/C30H42N2O4/c1-20(2)29-35-18-23(19-36-29)28(33)32-25(21-10-8-7-9-11-21)13-15-27(32)31-17-22-16-24(30(3,4)5)12-14-26(22)34-6/h7-12,14,16,20,23,25,27,29,31H,13,15,17-19H2,1-6H3. The van der Waals surface area contributed by atoms with Crippen molar-refractivity contribution in [2.45, 2.75) is 77.9 Å². The molecule has 0 aliphatic carbocycles. The van der Waals surface area contributed by atoms with Crippen LogP contribution in [0.2, 0.25) is 0 Å². The fourth-order valence-corrected chi connectivity index (χ4v) is 5.19. The molecule has 2 fully saturated rings. The number of likely N-dealkylation sites (tertiary alicyclic amines) is 1. The van der Waals surface area contributed by atoms with Gasteiger partial charge in [0.1, 0.15) is 5.75 Å². The lowest BCUT2D eigenvalue weighted by molar-refractivity contribution is -0.221. The van der Waals surface area contributed by atoms with Gasteiger partial charge in [-0.15, -0.1) is 0 Å². The minimum absolute atomic E-state index is 0.0295. The number of methoxy groups -OCH3 is 1. The van der Waals surface area contributed by atoms with Crippen molar-refractivity contribution in [3.05, 3.63) is 65.2 Å². The van der Waals surface area contributed by atoms with Gasteiger partial charge < -0.3 is 19.1 Å². The zero-order valence-electron chi connectivity index (χ0n) is 22.6. The van der Waals surface area contributed by atoms with Crippen LogP contribution in [0, 0.1) is 11.8 Å². The van der Waals surface area contributed by atoms with Gasteiger partial charge in [0.15, 0.2) is 6.29 Å². The van der Waals surface area contributed by atoms with Gasteiger partial charge in [0, 0.05) is 18.0 Å². The summed E-state index contributed by atoms with van der Waals surface area (Å²) in [7, 11) is 1.71. The number of amides is 1. The molecule has 2 aromatic carbocycles. The Balaban J connectivity index is 1.54. The van der Waals surface area contributed by atoms with Crippen molar-refractivity contribution in [2.24, 2.45) is 11.8 Å². The van der Waals surface area contributed by atoms with Crippen molar-refractivity contribution in [3.8, 4) is 5.75 Å². The first kappa shape index (κ1) is 26.6. The topological polar surface area (TPSA) is 60.0 Å². The summed E-state index contributed by atoms with van der Waals surface area (Å²) in [6, 6.07) is 16.8. The highest BCUT2D eigenvalue weighted by molar-refractivity contribution is 5.80. The van der Waals surface area contributed by atoms with E-state index in [1.807, 2.05) is 29.2 Å². The normalized spacial score (nSPS) is 24.8. The average Bonchev–Trinajstić information content (AvgIpc) is 3.30. The summed E-state index contributed by atoms with van der Waals surface area (Å²) >= 11 is 0. The molecule has 2 saturated heterocycles. The first-order chi connectivity index (χ1) is 17.2. The molecule has 0 spiro atoms. The maximum atomic E-state index is 13.9. The van der Waals surface area contributed by atoms with Crippen molar-refractivity contribution in [1.82, 2.24) is 10.2 Å². The number of benzene rings is 2. The number of carbonyl (C=O) groups is 1. The van der Waals surface area contributed by atoms with Crippen LogP contribution in [-0.2, 0) is 26.2 Å². The number of carbonyl (C=O) groups excluding carboxylic acids is 1. The molecule has 0 saturated carbocycles. The summed E-state index contributed by atoms with van der Waals surface area (Å²) in [4.78, 5) is 15.9. The van der Waals surface area contributed by atoms with Gasteiger partial charge in [-0.3, -0.25) is 10.1 Å². The molecule has 2 heterocycles. The van der Waals surface area contributed by atoms with Gasteiger partial charge in [-0.2, -0.15) is 0 Å². The Bertz CT molecular complexity index is 1010. The number of rotatable bonds is 7. The van der Waals surface area contributed by atoms with E-state index >= 15 is 0 Å². The Hall–Kier alpha value is -2.41. The molecule has 6 nitrogen and oxygen atoms in total. The van der Waals surface area contributed by atoms with Crippen LogP contribution >= 0.6 is 0 Å². The molecular formula is C30H42N2O4. The monoisotopic (exact) mass is 494 g/mol. The molecule has 36 heavy (non-hydrogen) atoms. The average molecular weight is 495 g/mol. The van der Waals surface area contributed by atoms with E-state index in [0.717, 1.165) is 24.2 Å². The van der Waals surface area contributed by atoms with Crippen LogP contribution in [0.1, 0.15) is 70.2 Å². The Morgan fingerprint density at radius 3 is 2.39 bits per heavy atom. The van der Waals surface area contributed by atoms with E-state index in [0.29, 0.717) is 19.8 Å². The van der Waals surface area contributed by atoms with Crippen LogP contribution in [0.3, 0.4) is 0 Å². The van der Waals surface area contributed by atoms with Crippen molar-refractivity contribution in [1.29, 1.82) is 0 Å². The predicted octanol–water partition coefficient (Wildman–Crippen LogP) is 5.42. The second-order valence-corrected chi connectivity index (χ2v) is 11.4. The van der Waals surface area contributed by atoms with Crippen LogP contribution in [-0.4, -0.2) is 43.6 Å². The number of hydrogen-bond donors (Lipinski definition) is 1. The molecule has 6 heteroatoms. The second kappa shape index (κ2) is 11.3.